The van der Waals surface area contributed by atoms with Gasteiger partial charge in [0.2, 0.25) is 0 Å². The van der Waals surface area contributed by atoms with Gasteiger partial charge in [-0.05, 0) is 22.6 Å². The van der Waals surface area contributed by atoms with E-state index in [1.165, 1.54) is 0 Å². The smallest absolute Gasteiger partial charge is 0.325 e. The Bertz CT molecular complexity index is 493. The summed E-state index contributed by atoms with van der Waals surface area (Å²) in [6.07, 6.45) is 0. The highest BCUT2D eigenvalue weighted by molar-refractivity contribution is 7.13. The monoisotopic (exact) mass is 233 g/mol. The summed E-state index contributed by atoms with van der Waals surface area (Å²) in [6.45, 7) is 0. The molecule has 1 atom stereocenters. The van der Waals surface area contributed by atoms with Gasteiger partial charge >= 0.3 is 5.97 Å². The lowest BCUT2D eigenvalue weighted by Gasteiger charge is -2.11. The number of hydrogen-bond acceptors (Lipinski definition) is 3. The second-order valence-electron chi connectivity index (χ2n) is 3.38. The molecule has 0 aliphatic heterocycles. The van der Waals surface area contributed by atoms with Crippen molar-refractivity contribution in [2.45, 2.75) is 6.04 Å². The van der Waals surface area contributed by atoms with E-state index in [2.05, 4.69) is 0 Å². The molecule has 0 saturated carbocycles. The zero-order chi connectivity index (χ0) is 11.5. The first-order valence-electron chi connectivity index (χ1n) is 4.81. The average Bonchev–Trinajstić information content (AvgIpc) is 2.81. The van der Waals surface area contributed by atoms with Crippen LogP contribution in [0.5, 0.6) is 0 Å². The Labute approximate surface area is 97.2 Å². The van der Waals surface area contributed by atoms with Gasteiger partial charge in [-0.15, -0.1) is 11.3 Å². The van der Waals surface area contributed by atoms with Crippen LogP contribution in [0.4, 0.5) is 0 Å². The molecule has 2 rings (SSSR count). The molecule has 0 bridgehead atoms. The highest BCUT2D eigenvalue weighted by Gasteiger charge is 2.18. The van der Waals surface area contributed by atoms with Crippen molar-refractivity contribution in [1.82, 2.24) is 0 Å². The minimum Gasteiger partial charge on any atom is -0.480 e. The standard InChI is InChI=1S/C12H11NO2S/c13-11(12(14)15)9-5-2-1-4-8(9)10-6-3-7-16-10/h1-7,11H,13H2,(H,14,15)/t11-/m0/s1. The zero-order valence-electron chi connectivity index (χ0n) is 8.46. The van der Waals surface area contributed by atoms with Gasteiger partial charge < -0.3 is 10.8 Å². The van der Waals surface area contributed by atoms with Crippen molar-refractivity contribution in [2.75, 3.05) is 0 Å². The molecular formula is C12H11NO2S. The van der Waals surface area contributed by atoms with Crippen LogP contribution in [0, 0.1) is 0 Å². The Morgan fingerprint density at radius 3 is 2.62 bits per heavy atom. The fourth-order valence-electron chi connectivity index (χ4n) is 1.56. The summed E-state index contributed by atoms with van der Waals surface area (Å²) < 4.78 is 0. The number of carbonyl (C=O) groups is 1. The van der Waals surface area contributed by atoms with Crippen LogP contribution in [0.1, 0.15) is 11.6 Å². The minimum atomic E-state index is -1.01. The van der Waals surface area contributed by atoms with Gasteiger partial charge in [-0.3, -0.25) is 4.79 Å². The third-order valence-electron chi connectivity index (χ3n) is 2.35. The predicted octanol–water partition coefficient (Wildman–Crippen LogP) is 2.50. The van der Waals surface area contributed by atoms with E-state index < -0.39 is 12.0 Å². The van der Waals surface area contributed by atoms with Crippen molar-refractivity contribution in [3.63, 3.8) is 0 Å². The minimum absolute atomic E-state index is 0.650. The Balaban J connectivity index is 2.50. The number of aliphatic carboxylic acids is 1. The molecule has 0 radical (unpaired) electrons. The predicted molar refractivity (Wildman–Crippen MR) is 64.3 cm³/mol. The van der Waals surface area contributed by atoms with Crippen molar-refractivity contribution < 1.29 is 9.90 Å². The lowest BCUT2D eigenvalue weighted by molar-refractivity contribution is -0.138. The van der Waals surface area contributed by atoms with E-state index in [9.17, 15) is 4.79 Å². The maximum atomic E-state index is 10.9. The first-order valence-corrected chi connectivity index (χ1v) is 5.69. The molecule has 1 aromatic heterocycles. The molecule has 3 N–H and O–H groups in total. The van der Waals surface area contributed by atoms with Crippen LogP contribution in [0.25, 0.3) is 10.4 Å². The van der Waals surface area contributed by atoms with Crippen LogP contribution in [0.3, 0.4) is 0 Å². The molecule has 1 aromatic carbocycles. The Kier molecular flexibility index (Phi) is 3.03. The van der Waals surface area contributed by atoms with Gasteiger partial charge in [0.1, 0.15) is 6.04 Å². The Morgan fingerprint density at radius 1 is 1.25 bits per heavy atom. The van der Waals surface area contributed by atoms with E-state index in [-0.39, 0.29) is 0 Å². The fourth-order valence-corrected chi connectivity index (χ4v) is 2.33. The highest BCUT2D eigenvalue weighted by atomic mass is 32.1. The number of benzene rings is 1. The van der Waals surface area contributed by atoms with Crippen LogP contribution in [0.2, 0.25) is 0 Å². The van der Waals surface area contributed by atoms with E-state index in [0.717, 1.165) is 10.4 Å². The summed E-state index contributed by atoms with van der Waals surface area (Å²) in [6, 6.07) is 10.2. The normalized spacial score (nSPS) is 12.3. The SMILES string of the molecule is N[C@H](C(=O)O)c1ccccc1-c1cccs1. The van der Waals surface area contributed by atoms with Gasteiger partial charge in [0, 0.05) is 4.88 Å². The molecule has 1 heterocycles. The molecule has 4 heteroatoms. The molecule has 2 aromatic rings. The summed E-state index contributed by atoms with van der Waals surface area (Å²) in [5.74, 6) is -1.01. The second kappa shape index (κ2) is 4.47. The van der Waals surface area contributed by atoms with Crippen LogP contribution < -0.4 is 5.73 Å². The Hall–Kier alpha value is -1.65. The van der Waals surface area contributed by atoms with Gasteiger partial charge in [-0.1, -0.05) is 30.3 Å². The summed E-state index contributed by atoms with van der Waals surface area (Å²) in [7, 11) is 0. The van der Waals surface area contributed by atoms with Crippen molar-refractivity contribution >= 4 is 17.3 Å². The van der Waals surface area contributed by atoms with E-state index >= 15 is 0 Å². The number of rotatable bonds is 3. The summed E-state index contributed by atoms with van der Waals surface area (Å²) >= 11 is 1.57. The fraction of sp³-hybridized carbons (Fsp3) is 0.0833. The molecule has 0 saturated heterocycles. The van der Waals surface area contributed by atoms with Gasteiger partial charge in [0.15, 0.2) is 0 Å². The topological polar surface area (TPSA) is 63.3 Å². The van der Waals surface area contributed by atoms with Gasteiger partial charge in [0.25, 0.3) is 0 Å². The molecule has 82 valence electrons. The first kappa shape index (κ1) is 10.9. The number of carboxylic acids is 1. The van der Waals surface area contributed by atoms with E-state index in [1.54, 1.807) is 23.5 Å². The van der Waals surface area contributed by atoms with E-state index in [0.29, 0.717) is 5.56 Å². The van der Waals surface area contributed by atoms with Crippen LogP contribution in [-0.2, 0) is 4.79 Å². The number of hydrogen-bond donors (Lipinski definition) is 2. The molecule has 0 unspecified atom stereocenters. The van der Waals surface area contributed by atoms with Gasteiger partial charge in [-0.2, -0.15) is 0 Å². The van der Waals surface area contributed by atoms with Gasteiger partial charge in [-0.25, -0.2) is 0 Å². The number of nitrogens with two attached hydrogens (primary N) is 1. The molecule has 16 heavy (non-hydrogen) atoms. The van der Waals surface area contributed by atoms with Crippen molar-refractivity contribution in [3.8, 4) is 10.4 Å². The zero-order valence-corrected chi connectivity index (χ0v) is 9.28. The maximum absolute atomic E-state index is 10.9. The third kappa shape index (κ3) is 1.98. The maximum Gasteiger partial charge on any atom is 0.325 e. The van der Waals surface area contributed by atoms with E-state index in [4.69, 9.17) is 10.8 Å². The van der Waals surface area contributed by atoms with Crippen molar-refractivity contribution in [3.05, 3.63) is 47.3 Å². The second-order valence-corrected chi connectivity index (χ2v) is 4.33. The van der Waals surface area contributed by atoms with Gasteiger partial charge in [0.05, 0.1) is 0 Å². The molecule has 0 spiro atoms. The summed E-state index contributed by atoms with van der Waals surface area (Å²) in [4.78, 5) is 11.9. The quantitative estimate of drug-likeness (QED) is 0.856. The molecule has 0 aliphatic rings. The number of thiophene rings is 1. The third-order valence-corrected chi connectivity index (χ3v) is 3.25. The molecular weight excluding hydrogens is 222 g/mol. The lowest BCUT2D eigenvalue weighted by atomic mass is 10.00. The van der Waals surface area contributed by atoms with Crippen molar-refractivity contribution in [2.24, 2.45) is 5.73 Å². The Morgan fingerprint density at radius 2 is 2.00 bits per heavy atom. The summed E-state index contributed by atoms with van der Waals surface area (Å²) in [5.41, 5.74) is 7.20. The first-order chi connectivity index (χ1) is 7.70. The molecule has 0 aliphatic carbocycles. The van der Waals surface area contributed by atoms with Crippen LogP contribution >= 0.6 is 11.3 Å². The summed E-state index contributed by atoms with van der Waals surface area (Å²) in [5, 5.41) is 10.9. The highest BCUT2D eigenvalue weighted by Crippen LogP contribution is 2.30. The lowest BCUT2D eigenvalue weighted by Crippen LogP contribution is -2.21. The number of carboxylic acid groups (broad SMARTS) is 1. The molecule has 0 amide bonds. The van der Waals surface area contributed by atoms with Crippen LogP contribution in [-0.4, -0.2) is 11.1 Å². The van der Waals surface area contributed by atoms with Crippen LogP contribution in [0.15, 0.2) is 41.8 Å². The van der Waals surface area contributed by atoms with E-state index in [1.807, 2.05) is 29.6 Å². The average molecular weight is 233 g/mol. The van der Waals surface area contributed by atoms with Crippen molar-refractivity contribution in [1.29, 1.82) is 0 Å². The largest absolute Gasteiger partial charge is 0.480 e. The molecule has 0 fully saturated rings. The molecule has 3 nitrogen and oxygen atoms in total.